The van der Waals surface area contributed by atoms with Crippen LogP contribution >= 0.6 is 0 Å². The number of benzene rings is 3. The number of nitrogens with zero attached hydrogens (tertiary/aromatic N) is 3. The number of rotatable bonds is 8. The first-order chi connectivity index (χ1) is 22.0. The van der Waals surface area contributed by atoms with Crippen molar-refractivity contribution in [2.24, 2.45) is 10.8 Å². The maximum absolute atomic E-state index is 12.2. The summed E-state index contributed by atoms with van der Waals surface area (Å²) in [6, 6.07) is 22.0. The molecule has 0 saturated carbocycles. The topological polar surface area (TPSA) is 89.1 Å². The Kier molecular flexibility index (Phi) is 11.0. The summed E-state index contributed by atoms with van der Waals surface area (Å²) in [5.41, 5.74) is 5.51. The molecule has 3 aromatic heterocycles. The minimum absolute atomic E-state index is 0. The molecule has 0 spiro atoms. The maximum atomic E-state index is 12.2. The third-order valence-corrected chi connectivity index (χ3v) is 10.1. The zero-order valence-corrected chi connectivity index (χ0v) is 31.0. The number of fused-ring (bicyclic) bond motifs is 6. The Morgan fingerprint density at radius 2 is 1.51 bits per heavy atom. The first kappa shape index (κ1) is 35.9. The Balaban J connectivity index is 0.000000242. The second kappa shape index (κ2) is 14.5. The third-order valence-electron chi connectivity index (χ3n) is 10.1. The summed E-state index contributed by atoms with van der Waals surface area (Å²) in [6.45, 7) is 16.1. The minimum Gasteiger partial charge on any atom is -0.512 e. The van der Waals surface area contributed by atoms with Gasteiger partial charge in [0.05, 0.1) is 11.1 Å². The van der Waals surface area contributed by atoms with Crippen molar-refractivity contribution >= 4 is 49.5 Å². The van der Waals surface area contributed by atoms with Gasteiger partial charge in [-0.05, 0) is 68.5 Å². The molecule has 0 aliphatic heterocycles. The summed E-state index contributed by atoms with van der Waals surface area (Å²) in [7, 11) is 0. The van der Waals surface area contributed by atoms with Crippen LogP contribution in [0.4, 0.5) is 0 Å². The Morgan fingerprint density at radius 1 is 0.851 bits per heavy atom. The smallest absolute Gasteiger partial charge is 0.216 e. The van der Waals surface area contributed by atoms with Gasteiger partial charge >= 0.3 is 0 Å². The molecule has 47 heavy (non-hydrogen) atoms. The molecular formula is C40H44IrN3O3-. The zero-order valence-electron chi connectivity index (χ0n) is 28.6. The number of carbonyl (C=O) groups is 1. The quantitative estimate of drug-likeness (QED) is 0.0713. The summed E-state index contributed by atoms with van der Waals surface area (Å²) in [4.78, 5) is 26.0. The van der Waals surface area contributed by atoms with Crippen LogP contribution < -0.4 is 0 Å². The molecule has 0 bridgehead atoms. The molecule has 6 nitrogen and oxygen atoms in total. The van der Waals surface area contributed by atoms with E-state index in [4.69, 9.17) is 4.42 Å². The van der Waals surface area contributed by atoms with Gasteiger partial charge in [0, 0.05) is 59.2 Å². The molecule has 3 heterocycles. The average Bonchev–Trinajstić information content (AvgIpc) is 3.45. The van der Waals surface area contributed by atoms with Crippen LogP contribution in [0.25, 0.3) is 55.0 Å². The molecule has 3 aromatic carbocycles. The fourth-order valence-corrected chi connectivity index (χ4v) is 5.73. The van der Waals surface area contributed by atoms with E-state index in [0.29, 0.717) is 5.71 Å². The molecule has 0 aliphatic rings. The molecule has 0 amide bonds. The number of pyridine rings is 1. The molecule has 0 fully saturated rings. The van der Waals surface area contributed by atoms with Crippen molar-refractivity contribution in [1.29, 1.82) is 0 Å². The molecule has 0 saturated heterocycles. The van der Waals surface area contributed by atoms with Gasteiger partial charge < -0.3 is 9.52 Å². The van der Waals surface area contributed by atoms with E-state index < -0.39 is 0 Å². The van der Waals surface area contributed by atoms with Gasteiger partial charge in [-0.1, -0.05) is 82.3 Å². The van der Waals surface area contributed by atoms with E-state index in [0.717, 1.165) is 75.3 Å². The number of hydrogen-bond donors (Lipinski definition) is 1. The third kappa shape index (κ3) is 6.88. The summed E-state index contributed by atoms with van der Waals surface area (Å²) in [5.74, 6) is 0.286. The van der Waals surface area contributed by atoms with Gasteiger partial charge in [-0.3, -0.25) is 9.78 Å². The molecule has 1 radical (unpaired) electrons. The summed E-state index contributed by atoms with van der Waals surface area (Å²) in [5, 5.41) is 15.4. The van der Waals surface area contributed by atoms with Crippen LogP contribution in [0.2, 0.25) is 0 Å². The molecule has 6 rings (SSSR count). The van der Waals surface area contributed by atoms with Crippen molar-refractivity contribution < 1.29 is 34.4 Å². The predicted octanol–water partition coefficient (Wildman–Crippen LogP) is 10.8. The van der Waals surface area contributed by atoms with E-state index in [1.807, 2.05) is 66.7 Å². The normalized spacial score (nSPS) is 12.3. The van der Waals surface area contributed by atoms with Gasteiger partial charge in [-0.2, -0.15) is 0 Å². The standard InChI is InChI=1S/C25H16N3O.C15H28O2.Ir/c1-14-6-8-16-9-11-19-22(26-13-27-23(19)21(16)12-14)20-5-3-4-17-18-10-7-15(2)28-25(18)29-24(17)20;1-7-14(5,8-2)12(16)11-13(17)15(6,9-3)10-4;/h3-4,6-13H,1-2H3;11,16H,7-10H2,1-6H3;/q-1;;/b;12-11-;. The predicted molar refractivity (Wildman–Crippen MR) is 189 cm³/mol. The van der Waals surface area contributed by atoms with Crippen molar-refractivity contribution in [3.8, 4) is 11.3 Å². The number of aliphatic hydroxyl groups is 1. The van der Waals surface area contributed by atoms with Gasteiger partial charge in [-0.25, -0.2) is 9.97 Å². The molecule has 0 atom stereocenters. The fraction of sp³-hybridized carbons (Fsp3) is 0.350. The first-order valence-corrected chi connectivity index (χ1v) is 16.3. The maximum Gasteiger partial charge on any atom is 0.216 e. The van der Waals surface area contributed by atoms with Crippen LogP contribution in [0.3, 0.4) is 0 Å². The van der Waals surface area contributed by atoms with Crippen molar-refractivity contribution in [1.82, 2.24) is 15.0 Å². The van der Waals surface area contributed by atoms with Crippen molar-refractivity contribution in [2.75, 3.05) is 0 Å². The number of carbonyl (C=O) groups excluding carboxylic acids is 1. The first-order valence-electron chi connectivity index (χ1n) is 16.3. The van der Waals surface area contributed by atoms with Gasteiger partial charge in [-0.15, -0.1) is 18.2 Å². The van der Waals surface area contributed by atoms with Crippen LogP contribution in [0.1, 0.15) is 78.5 Å². The second-order valence-corrected chi connectivity index (χ2v) is 12.8. The van der Waals surface area contributed by atoms with Crippen LogP contribution in [-0.4, -0.2) is 25.8 Å². The van der Waals surface area contributed by atoms with Crippen molar-refractivity contribution in [3.63, 3.8) is 0 Å². The van der Waals surface area contributed by atoms with Crippen molar-refractivity contribution in [3.05, 3.63) is 90.1 Å². The van der Waals surface area contributed by atoms with Crippen LogP contribution in [0.5, 0.6) is 0 Å². The monoisotopic (exact) mass is 807 g/mol. The summed E-state index contributed by atoms with van der Waals surface area (Å²) < 4.78 is 6.17. The largest absolute Gasteiger partial charge is 0.512 e. The number of aromatic nitrogens is 3. The van der Waals surface area contributed by atoms with E-state index in [2.05, 4.69) is 64.3 Å². The number of aryl methyl sites for hydroxylation is 2. The Bertz CT molecular complexity index is 2090. The second-order valence-electron chi connectivity index (χ2n) is 12.8. The van der Waals surface area contributed by atoms with E-state index in [-0.39, 0.29) is 42.5 Å². The number of allylic oxidation sites excluding steroid dienone is 2. The van der Waals surface area contributed by atoms with Gasteiger partial charge in [0.15, 0.2) is 5.78 Å². The Hall–Kier alpha value is -3.93. The van der Waals surface area contributed by atoms with Crippen molar-refractivity contribution in [2.45, 2.75) is 81.1 Å². The summed E-state index contributed by atoms with van der Waals surface area (Å²) in [6.07, 6.45) is 6.38. The van der Waals surface area contributed by atoms with Gasteiger partial charge in [0.2, 0.25) is 5.71 Å². The number of ketones is 1. The van der Waals surface area contributed by atoms with E-state index in [9.17, 15) is 9.90 Å². The number of furan rings is 1. The molecular weight excluding hydrogens is 763 g/mol. The molecule has 1 N–H and O–H groups in total. The molecule has 6 aromatic rings. The fourth-order valence-electron chi connectivity index (χ4n) is 5.73. The zero-order chi connectivity index (χ0) is 33.2. The van der Waals surface area contributed by atoms with E-state index in [1.54, 1.807) is 6.33 Å². The SMILES string of the molecule is CCC(C)(CC)C(=O)/C=C(\O)C(C)(CC)CC.Cc1ccc2ccc3c(-c4[c-]ccc5c4oc4nc(C)ccc45)ncnc3c2c1.[Ir]. The minimum atomic E-state index is -0.337. The molecule has 0 unspecified atom stereocenters. The van der Waals surface area contributed by atoms with Crippen LogP contribution in [0.15, 0.2) is 77.2 Å². The Labute approximate surface area is 291 Å². The number of aliphatic hydroxyl groups excluding tert-OH is 1. The number of hydrogen-bond acceptors (Lipinski definition) is 6. The summed E-state index contributed by atoms with van der Waals surface area (Å²) >= 11 is 0. The van der Waals surface area contributed by atoms with Crippen LogP contribution in [-0.2, 0) is 24.9 Å². The van der Waals surface area contributed by atoms with E-state index in [1.165, 1.54) is 17.0 Å². The van der Waals surface area contributed by atoms with Gasteiger partial charge in [0.1, 0.15) is 12.1 Å². The average molecular weight is 807 g/mol. The molecule has 247 valence electrons. The molecule has 7 heteroatoms. The van der Waals surface area contributed by atoms with Crippen LogP contribution in [0, 0.1) is 30.7 Å². The molecule has 0 aliphatic carbocycles. The van der Waals surface area contributed by atoms with E-state index >= 15 is 0 Å². The van der Waals surface area contributed by atoms with Gasteiger partial charge in [0.25, 0.3) is 0 Å². The Morgan fingerprint density at radius 3 is 2.19 bits per heavy atom.